The molecular weight excluding hydrogens is 298 g/mol. The summed E-state index contributed by atoms with van der Waals surface area (Å²) in [5.41, 5.74) is 0. The molecule has 98 valence electrons. The van der Waals surface area contributed by atoms with Crippen LogP contribution in [0.3, 0.4) is 0 Å². The van der Waals surface area contributed by atoms with Gasteiger partial charge in [-0.2, -0.15) is 5.10 Å². The molecule has 2 rings (SSSR count). The van der Waals surface area contributed by atoms with E-state index in [9.17, 15) is 8.42 Å². The highest BCUT2D eigenvalue weighted by atomic mass is 35.5. The molecule has 10 heteroatoms. The molecule has 0 amide bonds. The highest BCUT2D eigenvalue weighted by Crippen LogP contribution is 2.21. The van der Waals surface area contributed by atoms with Gasteiger partial charge in [-0.3, -0.25) is 4.68 Å². The fourth-order valence-corrected chi connectivity index (χ4v) is 3.60. The highest BCUT2D eigenvalue weighted by Gasteiger charge is 2.17. The van der Waals surface area contributed by atoms with Crippen LogP contribution in [0.25, 0.3) is 0 Å². The molecule has 1 N–H and O–H groups in total. The molecule has 0 bridgehead atoms. The van der Waals surface area contributed by atoms with Crippen LogP contribution in [0.2, 0.25) is 4.47 Å². The minimum atomic E-state index is -3.54. The van der Waals surface area contributed by atoms with Crippen molar-refractivity contribution in [2.24, 2.45) is 7.05 Å². The van der Waals surface area contributed by atoms with Gasteiger partial charge in [-0.25, -0.2) is 23.1 Å². The Labute approximate surface area is 113 Å². The summed E-state index contributed by atoms with van der Waals surface area (Å²) in [5.74, 6) is 0.586. The number of thiazole rings is 1. The van der Waals surface area contributed by atoms with Crippen LogP contribution in [-0.4, -0.2) is 34.7 Å². The van der Waals surface area contributed by atoms with Crippen LogP contribution in [-0.2, 0) is 23.5 Å². The lowest BCUT2D eigenvalue weighted by molar-refractivity contribution is 0.582. The van der Waals surface area contributed by atoms with E-state index in [2.05, 4.69) is 19.8 Å². The number of halogens is 1. The van der Waals surface area contributed by atoms with Crippen LogP contribution in [0.1, 0.15) is 5.82 Å². The first-order valence-corrected chi connectivity index (χ1v) is 7.60. The second-order valence-corrected chi connectivity index (χ2v) is 7.02. The SMILES string of the molecule is Cn1cnc(CCNS(=O)(=O)c2cnc(Cl)s2)n1. The van der Waals surface area contributed by atoms with Crippen LogP contribution in [0.5, 0.6) is 0 Å². The molecule has 0 atom stereocenters. The van der Waals surface area contributed by atoms with Crippen molar-refractivity contribution in [1.82, 2.24) is 24.5 Å². The van der Waals surface area contributed by atoms with Gasteiger partial charge in [-0.1, -0.05) is 22.9 Å². The average Bonchev–Trinajstić information content (AvgIpc) is 2.88. The van der Waals surface area contributed by atoms with Crippen LogP contribution >= 0.6 is 22.9 Å². The van der Waals surface area contributed by atoms with Crippen molar-refractivity contribution in [3.63, 3.8) is 0 Å². The maximum absolute atomic E-state index is 11.8. The van der Waals surface area contributed by atoms with E-state index >= 15 is 0 Å². The van der Waals surface area contributed by atoms with Crippen molar-refractivity contribution in [2.45, 2.75) is 10.6 Å². The summed E-state index contributed by atoms with van der Waals surface area (Å²) in [6.07, 6.45) is 3.22. The van der Waals surface area contributed by atoms with Crippen LogP contribution in [0, 0.1) is 0 Å². The lowest BCUT2D eigenvalue weighted by atomic mass is 10.4. The Morgan fingerprint density at radius 3 is 2.83 bits per heavy atom. The molecule has 7 nitrogen and oxygen atoms in total. The molecule has 2 aromatic heterocycles. The summed E-state index contributed by atoms with van der Waals surface area (Å²) < 4.78 is 27.9. The summed E-state index contributed by atoms with van der Waals surface area (Å²) in [7, 11) is -1.79. The molecule has 2 heterocycles. The van der Waals surface area contributed by atoms with Gasteiger partial charge in [0, 0.05) is 20.0 Å². The predicted molar refractivity (Wildman–Crippen MR) is 67.0 cm³/mol. The molecule has 0 aliphatic rings. The van der Waals surface area contributed by atoms with E-state index in [1.807, 2.05) is 0 Å². The summed E-state index contributed by atoms with van der Waals surface area (Å²) >= 11 is 6.51. The highest BCUT2D eigenvalue weighted by molar-refractivity contribution is 7.91. The molecule has 0 fully saturated rings. The zero-order valence-corrected chi connectivity index (χ0v) is 11.8. The van der Waals surface area contributed by atoms with E-state index in [0.717, 1.165) is 11.3 Å². The largest absolute Gasteiger partial charge is 0.256 e. The van der Waals surface area contributed by atoms with Crippen LogP contribution < -0.4 is 4.72 Å². The number of nitrogens with one attached hydrogen (secondary N) is 1. The van der Waals surface area contributed by atoms with Crippen molar-refractivity contribution < 1.29 is 8.42 Å². The quantitative estimate of drug-likeness (QED) is 0.866. The molecular formula is C8H10ClN5O2S2. The molecule has 0 radical (unpaired) electrons. The second kappa shape index (κ2) is 5.31. The first-order valence-electron chi connectivity index (χ1n) is 4.93. The number of rotatable bonds is 5. The average molecular weight is 308 g/mol. The zero-order chi connectivity index (χ0) is 13.2. The fraction of sp³-hybridized carbons (Fsp3) is 0.375. The van der Waals surface area contributed by atoms with Crippen molar-refractivity contribution in [3.05, 3.63) is 22.8 Å². The third-order valence-corrected chi connectivity index (χ3v) is 5.05. The van der Waals surface area contributed by atoms with Gasteiger partial charge in [0.2, 0.25) is 0 Å². The first-order chi connectivity index (χ1) is 8.47. The van der Waals surface area contributed by atoms with Crippen LogP contribution in [0.4, 0.5) is 0 Å². The van der Waals surface area contributed by atoms with Crippen molar-refractivity contribution in [2.75, 3.05) is 6.54 Å². The predicted octanol–water partition coefficient (Wildman–Crippen LogP) is 0.446. The second-order valence-electron chi connectivity index (χ2n) is 3.41. The smallest absolute Gasteiger partial charge is 0.251 e. The maximum Gasteiger partial charge on any atom is 0.251 e. The van der Waals surface area contributed by atoms with Gasteiger partial charge in [0.15, 0.2) is 14.5 Å². The Bertz CT molecular complexity index is 635. The number of nitrogens with zero attached hydrogens (tertiary/aromatic N) is 4. The molecule has 0 aliphatic heterocycles. The Morgan fingerprint density at radius 2 is 2.28 bits per heavy atom. The van der Waals surface area contributed by atoms with Gasteiger partial charge < -0.3 is 0 Å². The van der Waals surface area contributed by atoms with Gasteiger partial charge in [-0.15, -0.1) is 0 Å². The van der Waals surface area contributed by atoms with Crippen LogP contribution in [0.15, 0.2) is 16.7 Å². The topological polar surface area (TPSA) is 89.8 Å². The maximum atomic E-state index is 11.8. The Balaban J connectivity index is 1.93. The molecule has 18 heavy (non-hydrogen) atoms. The Kier molecular flexibility index (Phi) is 3.95. The van der Waals surface area contributed by atoms with Gasteiger partial charge in [0.1, 0.15) is 6.33 Å². The number of sulfonamides is 1. The molecule has 0 aromatic carbocycles. The monoisotopic (exact) mass is 307 g/mol. The molecule has 0 saturated heterocycles. The number of hydrogen-bond acceptors (Lipinski definition) is 6. The van der Waals surface area contributed by atoms with E-state index in [0.29, 0.717) is 12.2 Å². The molecule has 0 unspecified atom stereocenters. The van der Waals surface area contributed by atoms with Gasteiger partial charge in [-0.05, 0) is 0 Å². The summed E-state index contributed by atoms with van der Waals surface area (Å²) in [6, 6.07) is 0. The van der Waals surface area contributed by atoms with E-state index in [1.54, 1.807) is 18.1 Å². The molecule has 0 aliphatic carbocycles. The lowest BCUT2D eigenvalue weighted by Gasteiger charge is -2.01. The van der Waals surface area contributed by atoms with Gasteiger partial charge in [0.25, 0.3) is 10.0 Å². The van der Waals surface area contributed by atoms with Gasteiger partial charge in [0.05, 0.1) is 6.20 Å². The van der Waals surface area contributed by atoms with E-state index in [4.69, 9.17) is 11.6 Å². The molecule has 0 spiro atoms. The van der Waals surface area contributed by atoms with E-state index in [-0.39, 0.29) is 15.2 Å². The fourth-order valence-electron chi connectivity index (χ4n) is 1.23. The van der Waals surface area contributed by atoms with Crippen molar-refractivity contribution in [1.29, 1.82) is 0 Å². The lowest BCUT2D eigenvalue weighted by Crippen LogP contribution is -2.25. The molecule has 0 saturated carbocycles. The minimum Gasteiger partial charge on any atom is -0.256 e. The normalized spacial score (nSPS) is 11.9. The summed E-state index contributed by atoms with van der Waals surface area (Å²) in [4.78, 5) is 7.69. The van der Waals surface area contributed by atoms with Crippen molar-refractivity contribution in [3.8, 4) is 0 Å². The molecule has 2 aromatic rings. The first kappa shape index (κ1) is 13.4. The summed E-state index contributed by atoms with van der Waals surface area (Å²) in [5, 5.41) is 4.05. The summed E-state index contributed by atoms with van der Waals surface area (Å²) in [6.45, 7) is 0.224. The minimum absolute atomic E-state index is 0.0986. The van der Waals surface area contributed by atoms with Crippen molar-refractivity contribution >= 4 is 33.0 Å². The third-order valence-electron chi connectivity index (χ3n) is 2.01. The number of aromatic nitrogens is 4. The zero-order valence-electron chi connectivity index (χ0n) is 9.37. The number of hydrogen-bond donors (Lipinski definition) is 1. The van der Waals surface area contributed by atoms with Gasteiger partial charge >= 0.3 is 0 Å². The Morgan fingerprint density at radius 1 is 1.50 bits per heavy atom. The standard InChI is InChI=1S/C8H10ClN5O2S2/c1-14-5-11-6(13-14)2-3-12-18(15,16)7-4-10-8(9)17-7/h4-5,12H,2-3H2,1H3. The third kappa shape index (κ3) is 3.25. The Hall–Kier alpha value is -1.03. The van der Waals surface area contributed by atoms with E-state index < -0.39 is 10.0 Å². The van der Waals surface area contributed by atoms with E-state index in [1.165, 1.54) is 6.20 Å². The number of aryl methyl sites for hydroxylation is 1.